The van der Waals surface area contributed by atoms with Gasteiger partial charge in [0.1, 0.15) is 10.6 Å². The smallest absolute Gasteiger partial charge is 0.244 e. The molecule has 1 rings (SSSR count). The van der Waals surface area contributed by atoms with Gasteiger partial charge in [0.25, 0.3) is 0 Å². The number of nitrogens with one attached hydrogen (secondary N) is 1. The van der Waals surface area contributed by atoms with Crippen molar-refractivity contribution in [3.8, 4) is 17.6 Å². The topological polar surface area (TPSA) is 84.9 Å². The van der Waals surface area contributed by atoms with Crippen molar-refractivity contribution < 1.29 is 23.0 Å². The van der Waals surface area contributed by atoms with Crippen LogP contribution in [0.1, 0.15) is 12.0 Å². The van der Waals surface area contributed by atoms with Gasteiger partial charge in [-0.3, -0.25) is 0 Å². The summed E-state index contributed by atoms with van der Waals surface area (Å²) in [6.45, 7) is 0.410. The number of rotatable bonds is 7. The second kappa shape index (κ2) is 8.64. The summed E-state index contributed by atoms with van der Waals surface area (Å²) in [6.07, 6.45) is 0.334. The van der Waals surface area contributed by atoms with E-state index in [2.05, 4.69) is 16.6 Å². The van der Waals surface area contributed by atoms with Gasteiger partial charge in [0.15, 0.2) is 0 Å². The first-order chi connectivity index (χ1) is 10.0. The predicted octanol–water partition coefficient (Wildman–Crippen LogP) is 0.354. The van der Waals surface area contributed by atoms with E-state index in [-0.39, 0.29) is 30.4 Å². The summed E-state index contributed by atoms with van der Waals surface area (Å²) in [6, 6.07) is 4.66. The molecule has 0 aliphatic carbocycles. The van der Waals surface area contributed by atoms with Crippen LogP contribution in [0.5, 0.6) is 5.75 Å². The van der Waals surface area contributed by atoms with E-state index in [0.29, 0.717) is 12.0 Å². The quantitative estimate of drug-likeness (QED) is 0.561. The maximum Gasteiger partial charge on any atom is 0.244 e. The van der Waals surface area contributed by atoms with Crippen LogP contribution in [-0.2, 0) is 14.8 Å². The maximum atomic E-state index is 12.2. The Labute approximate surface area is 125 Å². The molecule has 0 aliphatic rings. The minimum atomic E-state index is -3.70. The van der Waals surface area contributed by atoms with Gasteiger partial charge in [0, 0.05) is 25.6 Å². The van der Waals surface area contributed by atoms with E-state index in [9.17, 15) is 8.42 Å². The average molecular weight is 313 g/mol. The molecule has 21 heavy (non-hydrogen) atoms. The fraction of sp³-hybridized carbons (Fsp3) is 0.429. The molecule has 0 fully saturated rings. The predicted molar refractivity (Wildman–Crippen MR) is 78.6 cm³/mol. The number of aliphatic hydroxyl groups excluding tert-OH is 1. The zero-order valence-corrected chi connectivity index (χ0v) is 12.9. The lowest BCUT2D eigenvalue weighted by Gasteiger charge is -2.11. The van der Waals surface area contributed by atoms with E-state index in [1.807, 2.05) is 0 Å². The molecule has 0 spiro atoms. The summed E-state index contributed by atoms with van der Waals surface area (Å²) < 4.78 is 36.8. The molecular weight excluding hydrogens is 294 g/mol. The Morgan fingerprint density at radius 3 is 2.71 bits per heavy atom. The monoisotopic (exact) mass is 313 g/mol. The lowest BCUT2D eigenvalue weighted by molar-refractivity contribution is 0.204. The van der Waals surface area contributed by atoms with E-state index in [0.717, 1.165) is 0 Å². The van der Waals surface area contributed by atoms with Gasteiger partial charge in [0.05, 0.1) is 20.3 Å². The van der Waals surface area contributed by atoms with Crippen LogP contribution in [0.25, 0.3) is 0 Å². The molecule has 0 saturated carbocycles. The van der Waals surface area contributed by atoms with Crippen LogP contribution in [0.15, 0.2) is 23.1 Å². The molecule has 2 N–H and O–H groups in total. The third kappa shape index (κ3) is 5.36. The largest absolute Gasteiger partial charge is 0.495 e. The Morgan fingerprint density at radius 2 is 2.10 bits per heavy atom. The van der Waals surface area contributed by atoms with Gasteiger partial charge < -0.3 is 14.6 Å². The Morgan fingerprint density at radius 1 is 1.33 bits per heavy atom. The molecule has 0 heterocycles. The first-order valence-corrected chi connectivity index (χ1v) is 7.80. The molecule has 0 atom stereocenters. The molecule has 0 aromatic heterocycles. The third-order valence-electron chi connectivity index (χ3n) is 2.52. The molecule has 0 radical (unpaired) electrons. The summed E-state index contributed by atoms with van der Waals surface area (Å²) in [5.74, 6) is 5.78. The molecule has 0 unspecified atom stereocenters. The highest BCUT2D eigenvalue weighted by molar-refractivity contribution is 7.89. The van der Waals surface area contributed by atoms with Crippen molar-refractivity contribution in [1.29, 1.82) is 0 Å². The fourth-order valence-electron chi connectivity index (χ4n) is 1.54. The van der Waals surface area contributed by atoms with Gasteiger partial charge in [-0.15, -0.1) is 0 Å². The summed E-state index contributed by atoms with van der Waals surface area (Å²) in [7, 11) is -0.805. The van der Waals surface area contributed by atoms with E-state index in [1.54, 1.807) is 12.1 Å². The second-order valence-corrected chi connectivity index (χ2v) is 5.77. The van der Waals surface area contributed by atoms with Crippen molar-refractivity contribution >= 4 is 10.0 Å². The zero-order valence-electron chi connectivity index (χ0n) is 12.0. The van der Waals surface area contributed by atoms with Crippen molar-refractivity contribution in [2.24, 2.45) is 0 Å². The highest BCUT2D eigenvalue weighted by Gasteiger charge is 2.19. The van der Waals surface area contributed by atoms with Crippen LogP contribution >= 0.6 is 0 Å². The molecule has 116 valence electrons. The number of sulfonamides is 1. The molecule has 1 aromatic carbocycles. The maximum absolute atomic E-state index is 12.2. The number of hydrogen-bond donors (Lipinski definition) is 2. The minimum Gasteiger partial charge on any atom is -0.495 e. The highest BCUT2D eigenvalue weighted by atomic mass is 32.2. The third-order valence-corrected chi connectivity index (χ3v) is 4.00. The number of hydrogen-bond acceptors (Lipinski definition) is 5. The van der Waals surface area contributed by atoms with Crippen LogP contribution in [0.4, 0.5) is 0 Å². The van der Waals surface area contributed by atoms with Gasteiger partial charge in [-0.2, -0.15) is 0 Å². The molecule has 6 nitrogen and oxygen atoms in total. The SMILES string of the molecule is COCCNS(=O)(=O)c1cc(C#CCCO)ccc1OC. The summed E-state index contributed by atoms with van der Waals surface area (Å²) in [5.41, 5.74) is 0.538. The van der Waals surface area contributed by atoms with Gasteiger partial charge in [0.2, 0.25) is 10.0 Å². The molecule has 0 amide bonds. The van der Waals surface area contributed by atoms with Crippen LogP contribution in [0, 0.1) is 11.8 Å². The average Bonchev–Trinajstić information content (AvgIpc) is 2.47. The molecule has 7 heteroatoms. The van der Waals surface area contributed by atoms with Gasteiger partial charge in [-0.1, -0.05) is 11.8 Å². The Bertz CT molecular complexity index is 616. The molecule has 0 aliphatic heterocycles. The number of ether oxygens (including phenoxy) is 2. The van der Waals surface area contributed by atoms with Crippen LogP contribution < -0.4 is 9.46 Å². The van der Waals surface area contributed by atoms with Crippen molar-refractivity contribution in [1.82, 2.24) is 4.72 Å². The Hall–Kier alpha value is -1.59. The standard InChI is InChI=1S/C14H19NO5S/c1-19-10-8-15-21(17,18)14-11-12(5-3-4-9-16)6-7-13(14)20-2/h6-7,11,15-16H,4,8-10H2,1-2H3. The lowest BCUT2D eigenvalue weighted by Crippen LogP contribution is -2.27. The van der Waals surface area contributed by atoms with Crippen LogP contribution in [0.2, 0.25) is 0 Å². The normalized spacial score (nSPS) is 10.8. The number of benzene rings is 1. The van der Waals surface area contributed by atoms with E-state index < -0.39 is 10.0 Å². The highest BCUT2D eigenvalue weighted by Crippen LogP contribution is 2.24. The Kier molecular flexibility index (Phi) is 7.19. The van der Waals surface area contributed by atoms with Crippen LogP contribution in [-0.4, -0.2) is 47.5 Å². The Balaban J connectivity index is 3.08. The van der Waals surface area contributed by atoms with E-state index >= 15 is 0 Å². The van der Waals surface area contributed by atoms with Crippen LogP contribution in [0.3, 0.4) is 0 Å². The molecule has 0 saturated heterocycles. The first-order valence-electron chi connectivity index (χ1n) is 6.31. The van der Waals surface area contributed by atoms with E-state index in [1.165, 1.54) is 20.3 Å². The lowest BCUT2D eigenvalue weighted by atomic mass is 10.2. The molecular formula is C14H19NO5S. The van der Waals surface area contributed by atoms with E-state index in [4.69, 9.17) is 14.6 Å². The van der Waals surface area contributed by atoms with Gasteiger partial charge in [-0.25, -0.2) is 13.1 Å². The van der Waals surface area contributed by atoms with Crippen molar-refractivity contribution in [2.75, 3.05) is 34.0 Å². The summed E-state index contributed by atoms with van der Waals surface area (Å²) >= 11 is 0. The van der Waals surface area contributed by atoms with Crippen molar-refractivity contribution in [3.63, 3.8) is 0 Å². The molecule has 0 bridgehead atoms. The molecule has 1 aromatic rings. The summed E-state index contributed by atoms with van der Waals surface area (Å²) in [5, 5.41) is 8.69. The summed E-state index contributed by atoms with van der Waals surface area (Å²) in [4.78, 5) is 0.0249. The number of aliphatic hydroxyl groups is 1. The number of methoxy groups -OCH3 is 2. The first kappa shape index (κ1) is 17.5. The zero-order chi connectivity index (χ0) is 15.7. The van der Waals surface area contributed by atoms with Gasteiger partial charge >= 0.3 is 0 Å². The second-order valence-electron chi connectivity index (χ2n) is 4.03. The fourth-order valence-corrected chi connectivity index (χ4v) is 2.75. The van der Waals surface area contributed by atoms with Crippen molar-refractivity contribution in [2.45, 2.75) is 11.3 Å². The van der Waals surface area contributed by atoms with Crippen molar-refractivity contribution in [3.05, 3.63) is 23.8 Å². The minimum absolute atomic E-state index is 0.0249. The van der Waals surface area contributed by atoms with Gasteiger partial charge in [-0.05, 0) is 18.2 Å².